The molecule has 1 heterocycles. The maximum Gasteiger partial charge on any atom is 0.0348 e. The summed E-state index contributed by atoms with van der Waals surface area (Å²) >= 11 is 0. The van der Waals surface area contributed by atoms with Gasteiger partial charge in [-0.25, -0.2) is 0 Å². The summed E-state index contributed by atoms with van der Waals surface area (Å²) in [6.07, 6.45) is 2.42. The van der Waals surface area contributed by atoms with Crippen molar-refractivity contribution in [2.75, 3.05) is 13.1 Å². The minimum Gasteiger partial charge on any atom is -0.330 e. The van der Waals surface area contributed by atoms with Gasteiger partial charge >= 0.3 is 0 Å². The van der Waals surface area contributed by atoms with Gasteiger partial charge in [-0.3, -0.25) is 4.90 Å². The molecule has 2 N–H and O–H groups in total. The van der Waals surface area contributed by atoms with Crippen molar-refractivity contribution in [3.8, 4) is 0 Å². The Morgan fingerprint density at radius 1 is 1.33 bits per heavy atom. The highest BCUT2D eigenvalue weighted by Crippen LogP contribution is 2.33. The zero-order valence-corrected chi connectivity index (χ0v) is 12.2. The minimum atomic E-state index is 0. The highest BCUT2D eigenvalue weighted by molar-refractivity contribution is 5.85. The van der Waals surface area contributed by atoms with Crippen LogP contribution in [0.4, 0.5) is 0 Å². The van der Waals surface area contributed by atoms with Crippen molar-refractivity contribution < 1.29 is 0 Å². The molecule has 3 atom stereocenters. The van der Waals surface area contributed by atoms with E-state index in [1.54, 1.807) is 0 Å². The minimum absolute atomic E-state index is 0. The van der Waals surface area contributed by atoms with Gasteiger partial charge < -0.3 is 5.73 Å². The zero-order chi connectivity index (χ0) is 12.3. The van der Waals surface area contributed by atoms with Gasteiger partial charge in [-0.2, -0.15) is 0 Å². The molecule has 0 amide bonds. The van der Waals surface area contributed by atoms with Gasteiger partial charge in [-0.05, 0) is 37.8 Å². The van der Waals surface area contributed by atoms with Crippen LogP contribution in [-0.4, -0.2) is 24.0 Å². The summed E-state index contributed by atoms with van der Waals surface area (Å²) in [6.45, 7) is 6.60. The Bertz CT molecular complexity index is 342. The predicted molar refractivity (Wildman–Crippen MR) is 80.1 cm³/mol. The molecule has 2 rings (SSSR count). The molecular formula is C15H25ClN2. The molecule has 18 heavy (non-hydrogen) atoms. The number of nitrogens with two attached hydrogens (primary N) is 1. The van der Waals surface area contributed by atoms with E-state index in [9.17, 15) is 0 Å². The topological polar surface area (TPSA) is 29.3 Å². The standard InChI is InChI=1S/C15H24N2.ClH/c1-3-15(14-7-5-4-6-8-14)17-11-13(10-16)9-12(17)2;/h4-8,12-13,15H,3,9-11,16H2,1-2H3;1H. The normalized spacial score (nSPS) is 25.7. The average molecular weight is 269 g/mol. The molecule has 1 aromatic rings. The fourth-order valence-corrected chi connectivity index (χ4v) is 3.11. The van der Waals surface area contributed by atoms with E-state index in [4.69, 9.17) is 5.73 Å². The lowest BCUT2D eigenvalue weighted by Crippen LogP contribution is -2.32. The molecule has 1 aliphatic heterocycles. The van der Waals surface area contributed by atoms with Crippen LogP contribution in [-0.2, 0) is 0 Å². The maximum atomic E-state index is 5.81. The average Bonchev–Trinajstić information content (AvgIpc) is 2.73. The Balaban J connectivity index is 0.00000162. The fourth-order valence-electron chi connectivity index (χ4n) is 3.11. The summed E-state index contributed by atoms with van der Waals surface area (Å²) in [5.74, 6) is 0.683. The molecule has 0 radical (unpaired) electrons. The number of hydrogen-bond donors (Lipinski definition) is 1. The van der Waals surface area contributed by atoms with Crippen molar-refractivity contribution in [3.05, 3.63) is 35.9 Å². The van der Waals surface area contributed by atoms with Crippen molar-refractivity contribution in [3.63, 3.8) is 0 Å². The zero-order valence-electron chi connectivity index (χ0n) is 11.4. The Labute approximate surface area is 117 Å². The third-order valence-electron chi connectivity index (χ3n) is 4.01. The highest BCUT2D eigenvalue weighted by atomic mass is 35.5. The molecule has 1 aliphatic rings. The number of hydrogen-bond acceptors (Lipinski definition) is 2. The van der Waals surface area contributed by atoms with Crippen LogP contribution >= 0.6 is 12.4 Å². The largest absolute Gasteiger partial charge is 0.330 e. The second kappa shape index (κ2) is 7.13. The molecule has 0 saturated carbocycles. The molecule has 1 saturated heterocycles. The predicted octanol–water partition coefficient (Wildman–Crippen LogP) is 3.23. The van der Waals surface area contributed by atoms with Crippen molar-refractivity contribution in [1.29, 1.82) is 0 Å². The van der Waals surface area contributed by atoms with Gasteiger partial charge in [0.2, 0.25) is 0 Å². The fraction of sp³-hybridized carbons (Fsp3) is 0.600. The van der Waals surface area contributed by atoms with E-state index < -0.39 is 0 Å². The lowest BCUT2D eigenvalue weighted by atomic mass is 10.0. The molecule has 0 aliphatic carbocycles. The van der Waals surface area contributed by atoms with Crippen LogP contribution in [0.1, 0.15) is 38.3 Å². The van der Waals surface area contributed by atoms with Gasteiger partial charge in [-0.1, -0.05) is 37.3 Å². The number of halogens is 1. The summed E-state index contributed by atoms with van der Waals surface area (Å²) in [7, 11) is 0. The van der Waals surface area contributed by atoms with Crippen LogP contribution in [0.15, 0.2) is 30.3 Å². The SMILES string of the molecule is CCC(c1ccccc1)N1CC(CN)CC1C.Cl. The molecule has 2 nitrogen and oxygen atoms in total. The molecule has 1 aromatic carbocycles. The first-order chi connectivity index (χ1) is 8.26. The summed E-state index contributed by atoms with van der Waals surface area (Å²) in [4.78, 5) is 2.63. The number of benzene rings is 1. The van der Waals surface area contributed by atoms with E-state index in [1.807, 2.05) is 0 Å². The van der Waals surface area contributed by atoms with Gasteiger partial charge in [0.25, 0.3) is 0 Å². The Morgan fingerprint density at radius 2 is 2.00 bits per heavy atom. The second-order valence-corrected chi connectivity index (χ2v) is 5.22. The van der Waals surface area contributed by atoms with Crippen molar-refractivity contribution in [1.82, 2.24) is 4.90 Å². The summed E-state index contributed by atoms with van der Waals surface area (Å²) in [5, 5.41) is 0. The van der Waals surface area contributed by atoms with Crippen molar-refractivity contribution in [2.24, 2.45) is 11.7 Å². The van der Waals surface area contributed by atoms with Crippen LogP contribution in [0, 0.1) is 5.92 Å². The molecule has 0 bridgehead atoms. The Morgan fingerprint density at radius 3 is 2.50 bits per heavy atom. The van der Waals surface area contributed by atoms with Crippen molar-refractivity contribution in [2.45, 2.75) is 38.8 Å². The summed E-state index contributed by atoms with van der Waals surface area (Å²) in [5.41, 5.74) is 7.26. The molecule has 102 valence electrons. The molecule has 3 heteroatoms. The molecule has 0 aromatic heterocycles. The number of nitrogens with zero attached hydrogens (tertiary/aromatic N) is 1. The summed E-state index contributed by atoms with van der Waals surface area (Å²) in [6, 6.07) is 12.1. The lowest BCUT2D eigenvalue weighted by molar-refractivity contribution is 0.182. The van der Waals surface area contributed by atoms with Gasteiger partial charge in [0, 0.05) is 18.6 Å². The quantitative estimate of drug-likeness (QED) is 0.909. The number of likely N-dealkylation sites (tertiary alicyclic amines) is 1. The van der Waals surface area contributed by atoms with E-state index in [-0.39, 0.29) is 12.4 Å². The number of rotatable bonds is 4. The van der Waals surface area contributed by atoms with E-state index in [0.717, 1.165) is 13.1 Å². The van der Waals surface area contributed by atoms with Crippen LogP contribution in [0.2, 0.25) is 0 Å². The van der Waals surface area contributed by atoms with E-state index in [2.05, 4.69) is 49.1 Å². The third kappa shape index (κ3) is 3.25. The van der Waals surface area contributed by atoms with Crippen LogP contribution < -0.4 is 5.73 Å². The van der Waals surface area contributed by atoms with Gasteiger partial charge in [0.05, 0.1) is 0 Å². The van der Waals surface area contributed by atoms with E-state index in [1.165, 1.54) is 18.4 Å². The lowest BCUT2D eigenvalue weighted by Gasteiger charge is -2.31. The first-order valence-corrected chi connectivity index (χ1v) is 6.77. The maximum absolute atomic E-state index is 5.81. The monoisotopic (exact) mass is 268 g/mol. The van der Waals surface area contributed by atoms with Crippen molar-refractivity contribution >= 4 is 12.4 Å². The smallest absolute Gasteiger partial charge is 0.0348 e. The third-order valence-corrected chi connectivity index (χ3v) is 4.01. The van der Waals surface area contributed by atoms with Gasteiger partial charge in [0.1, 0.15) is 0 Å². The molecule has 3 unspecified atom stereocenters. The first-order valence-electron chi connectivity index (χ1n) is 6.77. The van der Waals surface area contributed by atoms with Gasteiger partial charge in [-0.15, -0.1) is 12.4 Å². The highest BCUT2D eigenvalue weighted by Gasteiger charge is 2.32. The van der Waals surface area contributed by atoms with Crippen LogP contribution in [0.5, 0.6) is 0 Å². The first kappa shape index (κ1) is 15.5. The van der Waals surface area contributed by atoms with Crippen LogP contribution in [0.25, 0.3) is 0 Å². The Hall–Kier alpha value is -0.570. The molecule has 1 fully saturated rings. The summed E-state index contributed by atoms with van der Waals surface area (Å²) < 4.78 is 0. The van der Waals surface area contributed by atoms with E-state index in [0.29, 0.717) is 18.0 Å². The molecular weight excluding hydrogens is 244 g/mol. The van der Waals surface area contributed by atoms with E-state index >= 15 is 0 Å². The second-order valence-electron chi connectivity index (χ2n) is 5.22. The van der Waals surface area contributed by atoms with Gasteiger partial charge in [0.15, 0.2) is 0 Å². The van der Waals surface area contributed by atoms with Crippen LogP contribution in [0.3, 0.4) is 0 Å². The molecule has 0 spiro atoms. The Kier molecular flexibility index (Phi) is 6.13.